The normalized spacial score (nSPS) is 32.6. The first kappa shape index (κ1) is 35.4. The van der Waals surface area contributed by atoms with Crippen LogP contribution in [0.1, 0.15) is 132 Å². The summed E-state index contributed by atoms with van der Waals surface area (Å²) in [5.74, 6) is -0.420. The van der Waals surface area contributed by atoms with Crippen molar-refractivity contribution in [3.8, 4) is 0 Å². The highest BCUT2D eigenvalue weighted by Gasteiger charge is 2.35. The van der Waals surface area contributed by atoms with E-state index in [4.69, 9.17) is 14.2 Å². The van der Waals surface area contributed by atoms with Crippen LogP contribution in [0.4, 0.5) is 0 Å². The van der Waals surface area contributed by atoms with Gasteiger partial charge in [-0.25, -0.2) is 0 Å². The van der Waals surface area contributed by atoms with Crippen molar-refractivity contribution < 1.29 is 33.7 Å². The molecule has 0 aromatic heterocycles. The Labute approximate surface area is 238 Å². The summed E-state index contributed by atoms with van der Waals surface area (Å²) in [5, 5.41) is 10.2. The molecular formula is C32H58O7. The third-order valence-corrected chi connectivity index (χ3v) is 8.37. The van der Waals surface area contributed by atoms with Crippen LogP contribution in [0.2, 0.25) is 0 Å². The average molecular weight is 555 g/mol. The van der Waals surface area contributed by atoms with Crippen LogP contribution >= 0.6 is 0 Å². The second-order valence-electron chi connectivity index (χ2n) is 12.3. The van der Waals surface area contributed by atoms with Gasteiger partial charge in [-0.05, 0) is 58.8 Å². The number of ether oxygens (including phenoxy) is 3. The molecule has 2 rings (SSSR count). The summed E-state index contributed by atoms with van der Waals surface area (Å²) in [6, 6.07) is 0. The molecule has 39 heavy (non-hydrogen) atoms. The zero-order valence-corrected chi connectivity index (χ0v) is 26.1. The molecule has 2 aliphatic heterocycles. The van der Waals surface area contributed by atoms with E-state index in [1.54, 1.807) is 0 Å². The van der Waals surface area contributed by atoms with Crippen molar-refractivity contribution in [2.75, 3.05) is 0 Å². The molecule has 228 valence electrons. The van der Waals surface area contributed by atoms with E-state index in [0.29, 0.717) is 0 Å². The number of hydrogen-bond donors (Lipinski definition) is 1. The molecule has 0 radical (unpaired) electrons. The second-order valence-corrected chi connectivity index (χ2v) is 12.3. The minimum absolute atomic E-state index is 0.0328. The fourth-order valence-electron chi connectivity index (χ4n) is 5.47. The van der Waals surface area contributed by atoms with E-state index in [1.165, 1.54) is 0 Å². The van der Waals surface area contributed by atoms with E-state index in [0.717, 1.165) is 77.0 Å². The summed E-state index contributed by atoms with van der Waals surface area (Å²) in [5.41, 5.74) is 0. The van der Waals surface area contributed by atoms with Crippen molar-refractivity contribution in [1.82, 2.24) is 0 Å². The van der Waals surface area contributed by atoms with Gasteiger partial charge in [0.25, 0.3) is 0 Å². The minimum atomic E-state index is -0.324. The Bertz CT molecular complexity index is 721. The highest BCUT2D eigenvalue weighted by Crippen LogP contribution is 2.30. The number of rotatable bonds is 8. The zero-order chi connectivity index (χ0) is 29.5. The van der Waals surface area contributed by atoms with Crippen molar-refractivity contribution in [1.29, 1.82) is 0 Å². The lowest BCUT2D eigenvalue weighted by atomic mass is 9.88. The van der Waals surface area contributed by atoms with Gasteiger partial charge in [-0.15, -0.1) is 0 Å². The molecule has 0 aromatic carbocycles. The van der Waals surface area contributed by atoms with Gasteiger partial charge in [0.05, 0.1) is 23.9 Å². The van der Waals surface area contributed by atoms with Crippen molar-refractivity contribution in [3.63, 3.8) is 0 Å². The molecule has 0 spiro atoms. The number of carbonyl (C=O) groups is 3. The molecule has 7 heteroatoms. The molecule has 0 aromatic rings. The second kappa shape index (κ2) is 18.7. The molecule has 8 atom stereocenters. The fraction of sp³-hybridized carbons (Fsp3) is 0.906. The summed E-state index contributed by atoms with van der Waals surface area (Å²) in [7, 11) is 0. The van der Waals surface area contributed by atoms with E-state index < -0.39 is 0 Å². The monoisotopic (exact) mass is 554 g/mol. The van der Waals surface area contributed by atoms with Gasteiger partial charge in [0.15, 0.2) is 0 Å². The Morgan fingerprint density at radius 1 is 0.821 bits per heavy atom. The molecule has 7 nitrogen and oxygen atoms in total. The van der Waals surface area contributed by atoms with Crippen LogP contribution in [0.5, 0.6) is 0 Å². The van der Waals surface area contributed by atoms with Gasteiger partial charge in [-0.2, -0.15) is 0 Å². The summed E-state index contributed by atoms with van der Waals surface area (Å²) in [6.07, 6.45) is 10.4. The maximum Gasteiger partial charge on any atom is 0.308 e. The molecular weight excluding hydrogens is 496 g/mol. The summed E-state index contributed by atoms with van der Waals surface area (Å²) in [4.78, 5) is 35.8. The van der Waals surface area contributed by atoms with Gasteiger partial charge in [-0.3, -0.25) is 14.4 Å². The first-order valence-electron chi connectivity index (χ1n) is 15.7. The Kier molecular flexibility index (Phi) is 16.9. The van der Waals surface area contributed by atoms with Gasteiger partial charge in [-0.1, -0.05) is 73.6 Å². The molecule has 2 heterocycles. The van der Waals surface area contributed by atoms with Gasteiger partial charge in [0.2, 0.25) is 0 Å². The van der Waals surface area contributed by atoms with Crippen LogP contribution in [0, 0.1) is 29.6 Å². The first-order valence-corrected chi connectivity index (χ1v) is 15.7. The highest BCUT2D eigenvalue weighted by molar-refractivity contribution is 5.73. The quantitative estimate of drug-likeness (QED) is 0.254. The number of carbonyl (C=O) groups excluding carboxylic acids is 3. The van der Waals surface area contributed by atoms with E-state index in [-0.39, 0.29) is 71.9 Å². The molecule has 0 saturated carbocycles. The Balaban J connectivity index is 0.000000403. The predicted molar refractivity (Wildman–Crippen MR) is 154 cm³/mol. The Morgan fingerprint density at radius 3 is 1.77 bits per heavy atom. The van der Waals surface area contributed by atoms with Gasteiger partial charge in [0, 0.05) is 11.8 Å². The van der Waals surface area contributed by atoms with Crippen LogP contribution in [0.25, 0.3) is 0 Å². The van der Waals surface area contributed by atoms with Crippen LogP contribution in [0.3, 0.4) is 0 Å². The fourth-order valence-corrected chi connectivity index (χ4v) is 5.47. The maximum atomic E-state index is 12.1. The van der Waals surface area contributed by atoms with E-state index >= 15 is 0 Å². The number of hydrogen-bond acceptors (Lipinski definition) is 7. The topological polar surface area (TPSA) is 99.1 Å². The number of aliphatic hydroxyl groups is 1. The molecule has 0 amide bonds. The number of esters is 3. The van der Waals surface area contributed by atoms with Crippen molar-refractivity contribution >= 4 is 17.9 Å². The van der Waals surface area contributed by atoms with Crippen molar-refractivity contribution in [2.45, 2.75) is 157 Å². The molecule has 2 aliphatic rings. The number of aliphatic hydroxyl groups excluding tert-OH is 1. The molecule has 0 bridgehead atoms. The lowest BCUT2D eigenvalue weighted by Gasteiger charge is -2.31. The third kappa shape index (κ3) is 12.6. The number of cyclic esters (lactones) is 2. The maximum absolute atomic E-state index is 12.1. The van der Waals surface area contributed by atoms with Crippen molar-refractivity contribution in [2.24, 2.45) is 29.6 Å². The average Bonchev–Trinajstić information content (AvgIpc) is 2.95. The smallest absolute Gasteiger partial charge is 0.308 e. The number of unbranched alkanes of at least 4 members (excludes halogenated alkanes) is 2. The lowest BCUT2D eigenvalue weighted by Crippen LogP contribution is -2.37. The summed E-state index contributed by atoms with van der Waals surface area (Å²) < 4.78 is 16.9. The Morgan fingerprint density at radius 2 is 1.28 bits per heavy atom. The summed E-state index contributed by atoms with van der Waals surface area (Å²) in [6.45, 7) is 15.7. The minimum Gasteiger partial charge on any atom is -0.462 e. The largest absolute Gasteiger partial charge is 0.462 e. The molecule has 1 N–H and O–H groups in total. The standard InChI is InChI=1S/C18H32O4.C14H26O3/c1-6-7-10-15-14(5)21-18(20)13(4)9-8-11-16(15)22-17(19)12(2)3;1-4-5-8-12-11(3)17-14(16)10(2)7-6-9-13(12)15/h12-16H,6-11H2,1-5H3;10-13,15H,4-9H2,1-3H3/t13-,14-,15-,16-;10-,11-,12-,13-/m00/s1. The predicted octanol–water partition coefficient (Wildman–Crippen LogP) is 7.02. The van der Waals surface area contributed by atoms with Crippen LogP contribution in [0.15, 0.2) is 0 Å². The Hall–Kier alpha value is -1.63. The SMILES string of the molecule is CCCC[C@H]1[C@H](C)OC(=O)[C@@H](C)CCC[C@@H]1O.CCCC[C@H]1[C@H](C)OC(=O)[C@@H](C)CCC[C@@H]1OC(=O)C(C)C. The third-order valence-electron chi connectivity index (χ3n) is 8.37. The van der Waals surface area contributed by atoms with E-state index in [9.17, 15) is 19.5 Å². The van der Waals surface area contributed by atoms with Gasteiger partial charge in [0.1, 0.15) is 18.3 Å². The summed E-state index contributed by atoms with van der Waals surface area (Å²) >= 11 is 0. The van der Waals surface area contributed by atoms with Crippen molar-refractivity contribution in [3.05, 3.63) is 0 Å². The van der Waals surface area contributed by atoms with Crippen LogP contribution in [-0.2, 0) is 28.6 Å². The molecule has 2 saturated heterocycles. The van der Waals surface area contributed by atoms with Crippen LogP contribution in [-0.4, -0.2) is 47.4 Å². The molecule has 0 unspecified atom stereocenters. The highest BCUT2D eigenvalue weighted by atomic mass is 16.6. The van der Waals surface area contributed by atoms with Crippen LogP contribution < -0.4 is 0 Å². The van der Waals surface area contributed by atoms with E-state index in [2.05, 4.69) is 13.8 Å². The molecule has 2 fully saturated rings. The first-order chi connectivity index (χ1) is 18.4. The van der Waals surface area contributed by atoms with E-state index in [1.807, 2.05) is 41.5 Å². The van der Waals surface area contributed by atoms with Gasteiger partial charge >= 0.3 is 17.9 Å². The zero-order valence-electron chi connectivity index (χ0n) is 26.1. The van der Waals surface area contributed by atoms with Gasteiger partial charge < -0.3 is 19.3 Å². The molecule has 0 aliphatic carbocycles. The lowest BCUT2D eigenvalue weighted by molar-refractivity contribution is -0.164.